The minimum atomic E-state index is -4.74. The average Bonchev–Trinajstić information content (AvgIpc) is 2.93. The number of alkyl halides is 3. The van der Waals surface area contributed by atoms with Crippen molar-refractivity contribution in [3.8, 4) is 5.75 Å². The van der Waals surface area contributed by atoms with E-state index >= 15 is 0 Å². The van der Waals surface area contributed by atoms with Gasteiger partial charge >= 0.3 is 12.5 Å². The first-order valence-electron chi connectivity index (χ1n) is 8.75. The first kappa shape index (κ1) is 18.8. The van der Waals surface area contributed by atoms with Gasteiger partial charge in [0.25, 0.3) is 0 Å². The topological polar surface area (TPSA) is 78.8 Å². The summed E-state index contributed by atoms with van der Waals surface area (Å²) in [6.07, 6.45) is -1.98. The zero-order valence-corrected chi connectivity index (χ0v) is 14.1. The van der Waals surface area contributed by atoms with E-state index in [2.05, 4.69) is 10.1 Å². The summed E-state index contributed by atoms with van der Waals surface area (Å²) in [5.41, 5.74) is 0.233. The second-order valence-corrected chi connectivity index (χ2v) is 7.18. The van der Waals surface area contributed by atoms with Crippen molar-refractivity contribution in [2.45, 2.75) is 62.4 Å². The van der Waals surface area contributed by atoms with E-state index in [1.54, 1.807) is 12.1 Å². The molecule has 26 heavy (non-hydrogen) atoms. The van der Waals surface area contributed by atoms with Crippen LogP contribution >= 0.6 is 0 Å². The quantitative estimate of drug-likeness (QED) is 0.734. The molecule has 3 rings (SSSR count). The predicted octanol–water partition coefficient (Wildman–Crippen LogP) is 3.80. The molecule has 0 aliphatic heterocycles. The van der Waals surface area contributed by atoms with Crippen LogP contribution in [-0.4, -0.2) is 34.8 Å². The molecular weight excluding hydrogens is 351 g/mol. The zero-order chi connectivity index (χ0) is 18.9. The maximum Gasteiger partial charge on any atom is 0.573 e. The van der Waals surface area contributed by atoms with Gasteiger partial charge in [-0.3, -0.25) is 0 Å². The van der Waals surface area contributed by atoms with Crippen LogP contribution in [0.25, 0.3) is 0 Å². The Morgan fingerprint density at radius 2 is 1.85 bits per heavy atom. The number of carbonyl (C=O) groups is 1. The number of ether oxygens (including phenoxy) is 1. The van der Waals surface area contributed by atoms with Gasteiger partial charge in [0.05, 0.1) is 6.10 Å². The van der Waals surface area contributed by atoms with E-state index in [1.165, 1.54) is 12.1 Å². The molecule has 2 aliphatic rings. The monoisotopic (exact) mass is 373 g/mol. The van der Waals surface area contributed by atoms with Gasteiger partial charge in [0.2, 0.25) is 0 Å². The number of nitrogens with one attached hydrogen (secondary N) is 1. The van der Waals surface area contributed by atoms with Crippen molar-refractivity contribution in [1.29, 1.82) is 0 Å². The maximum atomic E-state index is 12.3. The Hall–Kier alpha value is -1.96. The second-order valence-electron chi connectivity index (χ2n) is 7.18. The fourth-order valence-corrected chi connectivity index (χ4v) is 4.42. The van der Waals surface area contributed by atoms with Crippen molar-refractivity contribution in [2.75, 3.05) is 0 Å². The van der Waals surface area contributed by atoms with Crippen molar-refractivity contribution >= 4 is 6.09 Å². The third-order valence-corrected chi connectivity index (χ3v) is 5.76. The highest BCUT2D eigenvalue weighted by Crippen LogP contribution is 2.51. The first-order valence-corrected chi connectivity index (χ1v) is 8.75. The van der Waals surface area contributed by atoms with Gasteiger partial charge in [-0.25, -0.2) is 4.79 Å². The van der Waals surface area contributed by atoms with Crippen LogP contribution in [0.3, 0.4) is 0 Å². The fraction of sp³-hybridized carbons (Fsp3) is 0.611. The summed E-state index contributed by atoms with van der Waals surface area (Å²) in [4.78, 5) is 11.0. The van der Waals surface area contributed by atoms with E-state index in [0.29, 0.717) is 6.42 Å². The Balaban J connectivity index is 1.79. The molecular formula is C18H22F3NO4. The molecule has 0 bridgehead atoms. The molecule has 8 heteroatoms. The molecule has 2 aliphatic carbocycles. The summed E-state index contributed by atoms with van der Waals surface area (Å²) in [5, 5.41) is 22.5. The largest absolute Gasteiger partial charge is 0.573 e. The lowest BCUT2D eigenvalue weighted by molar-refractivity contribution is -0.274. The molecule has 3 atom stereocenters. The Bertz CT molecular complexity index is 643. The molecule has 0 aromatic heterocycles. The highest BCUT2D eigenvalue weighted by Gasteiger charge is 2.50. The van der Waals surface area contributed by atoms with Crippen molar-refractivity contribution in [1.82, 2.24) is 5.32 Å². The lowest BCUT2D eigenvalue weighted by Gasteiger charge is -2.49. The summed E-state index contributed by atoms with van der Waals surface area (Å²) < 4.78 is 40.9. The molecule has 1 aromatic rings. The lowest BCUT2D eigenvalue weighted by Crippen LogP contribution is -2.53. The summed E-state index contributed by atoms with van der Waals surface area (Å²) in [5.74, 6) is -0.492. The molecule has 0 heterocycles. The summed E-state index contributed by atoms with van der Waals surface area (Å²) in [7, 11) is 0. The van der Waals surface area contributed by atoms with Crippen LogP contribution in [0.15, 0.2) is 24.3 Å². The molecule has 1 unspecified atom stereocenters. The molecule has 1 amide bonds. The number of rotatable bonds is 5. The molecule has 1 aromatic carbocycles. The minimum absolute atomic E-state index is 0.197. The van der Waals surface area contributed by atoms with E-state index < -0.39 is 24.0 Å². The van der Waals surface area contributed by atoms with Crippen molar-refractivity contribution < 1.29 is 32.9 Å². The normalized spacial score (nSPS) is 26.0. The van der Waals surface area contributed by atoms with E-state index in [1.807, 2.05) is 0 Å². The molecule has 3 N–H and O–H groups in total. The molecule has 0 saturated heterocycles. The molecule has 0 radical (unpaired) electrons. The number of halogens is 3. The van der Waals surface area contributed by atoms with Gasteiger partial charge in [-0.15, -0.1) is 13.2 Å². The summed E-state index contributed by atoms with van der Waals surface area (Å²) in [6.45, 7) is 0. The predicted molar refractivity (Wildman–Crippen MR) is 87.0 cm³/mol. The number of benzene rings is 1. The van der Waals surface area contributed by atoms with Crippen LogP contribution in [0.1, 0.15) is 44.1 Å². The van der Waals surface area contributed by atoms with Gasteiger partial charge in [-0.05, 0) is 43.4 Å². The van der Waals surface area contributed by atoms with Crippen LogP contribution < -0.4 is 10.1 Å². The van der Waals surface area contributed by atoms with Crippen LogP contribution in [0.2, 0.25) is 0 Å². The van der Waals surface area contributed by atoms with Gasteiger partial charge in [-0.2, -0.15) is 0 Å². The number of hydrogen-bond acceptors (Lipinski definition) is 3. The summed E-state index contributed by atoms with van der Waals surface area (Å²) >= 11 is 0. The Kier molecular flexibility index (Phi) is 5.05. The minimum Gasteiger partial charge on any atom is -0.465 e. The molecule has 144 valence electrons. The second kappa shape index (κ2) is 6.98. The van der Waals surface area contributed by atoms with E-state index in [0.717, 1.165) is 37.7 Å². The van der Waals surface area contributed by atoms with Crippen LogP contribution in [0.4, 0.5) is 18.0 Å². The highest BCUT2D eigenvalue weighted by atomic mass is 19.4. The van der Waals surface area contributed by atoms with Gasteiger partial charge in [0.15, 0.2) is 0 Å². The molecule has 2 saturated carbocycles. The summed E-state index contributed by atoms with van der Waals surface area (Å²) in [6, 6.07) is 5.36. The fourth-order valence-electron chi connectivity index (χ4n) is 4.42. The van der Waals surface area contributed by atoms with Crippen LogP contribution in [-0.2, 0) is 5.41 Å². The van der Waals surface area contributed by atoms with Crippen molar-refractivity contribution in [3.63, 3.8) is 0 Å². The van der Waals surface area contributed by atoms with E-state index in [-0.39, 0.29) is 17.7 Å². The molecule has 0 spiro atoms. The number of carboxylic acid groups (broad SMARTS) is 1. The third kappa shape index (κ3) is 3.75. The Morgan fingerprint density at radius 3 is 2.35 bits per heavy atom. The standard InChI is InChI=1S/C18H22F3NO4/c19-18(20,21)26-12-7-5-11(6-8-12)17(9-2-10-17)15(23)13-3-1-4-14(13)22-16(24)25/h5-8,13-15,22-23H,1-4,9-10H2,(H,24,25)/t13-,14+,15?/m1/s1. The van der Waals surface area contributed by atoms with Gasteiger partial charge in [0, 0.05) is 17.4 Å². The van der Waals surface area contributed by atoms with E-state index in [4.69, 9.17) is 5.11 Å². The van der Waals surface area contributed by atoms with Gasteiger partial charge in [0.1, 0.15) is 5.75 Å². The van der Waals surface area contributed by atoms with Crippen molar-refractivity contribution in [3.05, 3.63) is 29.8 Å². The Labute approximate surface area is 149 Å². The van der Waals surface area contributed by atoms with Crippen molar-refractivity contribution in [2.24, 2.45) is 5.92 Å². The first-order chi connectivity index (χ1) is 12.2. The number of amides is 1. The van der Waals surface area contributed by atoms with Crippen LogP contribution in [0.5, 0.6) is 5.75 Å². The van der Waals surface area contributed by atoms with Gasteiger partial charge in [-0.1, -0.05) is 25.0 Å². The zero-order valence-electron chi connectivity index (χ0n) is 14.1. The number of hydrogen-bond donors (Lipinski definition) is 3. The molecule has 5 nitrogen and oxygen atoms in total. The molecule has 2 fully saturated rings. The lowest BCUT2D eigenvalue weighted by atomic mass is 9.58. The number of aliphatic hydroxyl groups excluding tert-OH is 1. The highest BCUT2D eigenvalue weighted by molar-refractivity contribution is 5.65. The Morgan fingerprint density at radius 1 is 1.19 bits per heavy atom. The smallest absolute Gasteiger partial charge is 0.465 e. The number of aliphatic hydroxyl groups is 1. The third-order valence-electron chi connectivity index (χ3n) is 5.76. The van der Waals surface area contributed by atoms with E-state index in [9.17, 15) is 23.1 Å². The van der Waals surface area contributed by atoms with Crippen LogP contribution in [0, 0.1) is 5.92 Å². The maximum absolute atomic E-state index is 12.3. The van der Waals surface area contributed by atoms with Gasteiger partial charge < -0.3 is 20.3 Å². The SMILES string of the molecule is O=C(O)N[C@H]1CCC[C@H]1C(O)C1(c2ccc(OC(F)(F)F)cc2)CCC1. The average molecular weight is 373 g/mol.